The van der Waals surface area contributed by atoms with E-state index in [0.29, 0.717) is 19.6 Å². The lowest BCUT2D eigenvalue weighted by Gasteiger charge is -2.18. The van der Waals surface area contributed by atoms with Crippen LogP contribution in [0.1, 0.15) is 98.3 Å². The monoisotopic (exact) mass is 371 g/mol. The van der Waals surface area contributed by atoms with Crippen molar-refractivity contribution < 1.29 is 19.1 Å². The van der Waals surface area contributed by atoms with Gasteiger partial charge in [-0.2, -0.15) is 0 Å². The Morgan fingerprint density at radius 2 is 1.38 bits per heavy atom. The van der Waals surface area contributed by atoms with Crippen molar-refractivity contribution in [2.45, 2.75) is 104 Å². The second-order valence-electron chi connectivity index (χ2n) is 7.47. The van der Waals surface area contributed by atoms with E-state index in [1.807, 2.05) is 13.8 Å². The predicted octanol–water partition coefficient (Wildman–Crippen LogP) is 5.61. The molecule has 0 saturated heterocycles. The van der Waals surface area contributed by atoms with Crippen molar-refractivity contribution in [3.63, 3.8) is 0 Å². The first kappa shape index (κ1) is 24.7. The lowest BCUT2D eigenvalue weighted by Crippen LogP contribution is -2.42. The van der Waals surface area contributed by atoms with Gasteiger partial charge in [-0.3, -0.25) is 0 Å². The minimum absolute atomic E-state index is 0.267. The van der Waals surface area contributed by atoms with Crippen LogP contribution in [0.15, 0.2) is 0 Å². The number of carbonyl (C=O) groups is 2. The van der Waals surface area contributed by atoms with E-state index in [1.54, 1.807) is 0 Å². The van der Waals surface area contributed by atoms with Crippen LogP contribution in [-0.2, 0) is 14.3 Å². The van der Waals surface area contributed by atoms with Gasteiger partial charge in [0.05, 0.1) is 13.2 Å². The Hall–Kier alpha value is -1.26. The number of hydrogen-bond donors (Lipinski definition) is 1. The number of ether oxygens (including phenoxy) is 2. The molecule has 0 rings (SSSR count). The molecule has 0 aromatic heterocycles. The molecule has 0 aromatic rings. The van der Waals surface area contributed by atoms with Crippen LogP contribution in [0, 0.1) is 5.92 Å². The van der Waals surface area contributed by atoms with Gasteiger partial charge < -0.3 is 14.8 Å². The van der Waals surface area contributed by atoms with E-state index in [1.165, 1.54) is 25.7 Å². The highest BCUT2D eigenvalue weighted by Gasteiger charge is 2.22. The van der Waals surface area contributed by atoms with Gasteiger partial charge in [0.1, 0.15) is 6.04 Å². The van der Waals surface area contributed by atoms with Crippen LogP contribution in [0.5, 0.6) is 0 Å². The van der Waals surface area contributed by atoms with Crippen molar-refractivity contribution in [1.82, 2.24) is 5.32 Å². The van der Waals surface area contributed by atoms with E-state index in [9.17, 15) is 9.59 Å². The van der Waals surface area contributed by atoms with Crippen molar-refractivity contribution in [3.05, 3.63) is 0 Å². The number of hydrogen-bond acceptors (Lipinski definition) is 4. The highest BCUT2D eigenvalue weighted by atomic mass is 16.6. The van der Waals surface area contributed by atoms with Gasteiger partial charge in [0.2, 0.25) is 0 Å². The number of rotatable bonds is 16. The molecule has 0 spiro atoms. The van der Waals surface area contributed by atoms with Gasteiger partial charge >= 0.3 is 12.1 Å². The highest BCUT2D eigenvalue weighted by molar-refractivity contribution is 5.81. The average Bonchev–Trinajstić information content (AvgIpc) is 2.61. The molecule has 0 radical (unpaired) electrons. The first-order valence-electron chi connectivity index (χ1n) is 10.6. The fourth-order valence-corrected chi connectivity index (χ4v) is 2.61. The van der Waals surface area contributed by atoms with Gasteiger partial charge in [-0.25, -0.2) is 9.59 Å². The molecule has 0 saturated carbocycles. The van der Waals surface area contributed by atoms with Crippen LogP contribution in [-0.4, -0.2) is 31.3 Å². The van der Waals surface area contributed by atoms with Crippen LogP contribution in [0.2, 0.25) is 0 Å². The molecule has 0 fully saturated rings. The summed E-state index contributed by atoms with van der Waals surface area (Å²) in [6.45, 7) is 9.07. The van der Waals surface area contributed by atoms with E-state index < -0.39 is 12.1 Å². The van der Waals surface area contributed by atoms with Crippen LogP contribution < -0.4 is 5.32 Å². The molecule has 1 amide bonds. The maximum Gasteiger partial charge on any atom is 0.407 e. The topological polar surface area (TPSA) is 64.6 Å². The summed E-state index contributed by atoms with van der Waals surface area (Å²) >= 11 is 0. The van der Waals surface area contributed by atoms with Crippen molar-refractivity contribution in [2.24, 2.45) is 5.92 Å². The summed E-state index contributed by atoms with van der Waals surface area (Å²) in [5, 5.41) is 2.68. The second kappa shape index (κ2) is 17.2. The van der Waals surface area contributed by atoms with Crippen molar-refractivity contribution in [1.29, 1.82) is 0 Å². The van der Waals surface area contributed by atoms with Gasteiger partial charge in [-0.1, -0.05) is 85.5 Å². The number of alkyl carbamates (subject to hydrolysis) is 1. The molecule has 1 N–H and O–H groups in total. The van der Waals surface area contributed by atoms with Gasteiger partial charge in [0.15, 0.2) is 0 Å². The Morgan fingerprint density at radius 3 is 2.00 bits per heavy atom. The molecule has 1 unspecified atom stereocenters. The first-order valence-corrected chi connectivity index (χ1v) is 10.6. The summed E-state index contributed by atoms with van der Waals surface area (Å²) in [6, 6.07) is -0.605. The zero-order chi connectivity index (χ0) is 19.6. The third-order valence-electron chi connectivity index (χ3n) is 4.21. The van der Waals surface area contributed by atoms with E-state index in [-0.39, 0.29) is 11.9 Å². The van der Waals surface area contributed by atoms with E-state index in [2.05, 4.69) is 19.2 Å². The van der Waals surface area contributed by atoms with E-state index in [0.717, 1.165) is 38.5 Å². The van der Waals surface area contributed by atoms with Gasteiger partial charge in [-0.15, -0.1) is 0 Å². The second-order valence-corrected chi connectivity index (χ2v) is 7.47. The molecular formula is C21H41NO4. The molecule has 0 heterocycles. The van der Waals surface area contributed by atoms with Gasteiger partial charge in [-0.05, 0) is 18.8 Å². The summed E-state index contributed by atoms with van der Waals surface area (Å²) < 4.78 is 10.5. The molecule has 0 aliphatic carbocycles. The van der Waals surface area contributed by atoms with Gasteiger partial charge in [0.25, 0.3) is 0 Å². The van der Waals surface area contributed by atoms with Crippen molar-refractivity contribution in [3.8, 4) is 0 Å². The number of esters is 1. The Kier molecular flexibility index (Phi) is 16.3. The predicted molar refractivity (Wildman–Crippen MR) is 106 cm³/mol. The number of unbranched alkanes of at least 4 members (excludes halogenated alkanes) is 8. The number of nitrogens with one attached hydrogen (secondary N) is 1. The molecule has 154 valence electrons. The third kappa shape index (κ3) is 15.0. The molecule has 0 aliphatic heterocycles. The summed E-state index contributed by atoms with van der Waals surface area (Å²) in [5.74, 6) is -0.0695. The molecule has 5 nitrogen and oxygen atoms in total. The Bertz CT molecular complexity index is 358. The quantitative estimate of drug-likeness (QED) is 0.283. The summed E-state index contributed by atoms with van der Waals surface area (Å²) in [6.07, 6.45) is 11.2. The van der Waals surface area contributed by atoms with E-state index >= 15 is 0 Å². The standard InChI is InChI=1S/C21H41NO4/c1-5-7-9-11-12-14-16-25-20(23)19(15-13-10-8-6-2)22-21(24)26-17-18(3)4/h18-19H,5-17H2,1-4H3,(H,22,24). The van der Waals surface area contributed by atoms with Crippen LogP contribution in [0.3, 0.4) is 0 Å². The van der Waals surface area contributed by atoms with Crippen LogP contribution in [0.4, 0.5) is 4.79 Å². The summed E-state index contributed by atoms with van der Waals surface area (Å²) in [7, 11) is 0. The maximum absolute atomic E-state index is 12.3. The molecule has 1 atom stereocenters. The normalized spacial score (nSPS) is 12.0. The zero-order valence-corrected chi connectivity index (χ0v) is 17.5. The SMILES string of the molecule is CCCCCCCCOC(=O)C(CCCCCC)NC(=O)OCC(C)C. The number of carbonyl (C=O) groups excluding carboxylic acids is 2. The average molecular weight is 372 g/mol. The van der Waals surface area contributed by atoms with Crippen LogP contribution >= 0.6 is 0 Å². The molecular weight excluding hydrogens is 330 g/mol. The lowest BCUT2D eigenvalue weighted by atomic mass is 10.1. The minimum Gasteiger partial charge on any atom is -0.464 e. The highest BCUT2D eigenvalue weighted by Crippen LogP contribution is 2.09. The Labute approximate surface area is 160 Å². The molecule has 0 bridgehead atoms. The third-order valence-corrected chi connectivity index (χ3v) is 4.21. The number of amides is 1. The Morgan fingerprint density at radius 1 is 0.808 bits per heavy atom. The summed E-state index contributed by atoms with van der Waals surface area (Å²) in [4.78, 5) is 24.2. The zero-order valence-electron chi connectivity index (χ0n) is 17.5. The molecule has 5 heteroatoms. The summed E-state index contributed by atoms with van der Waals surface area (Å²) in [5.41, 5.74) is 0. The van der Waals surface area contributed by atoms with Crippen molar-refractivity contribution >= 4 is 12.1 Å². The van der Waals surface area contributed by atoms with Gasteiger partial charge in [0, 0.05) is 0 Å². The maximum atomic E-state index is 12.3. The lowest BCUT2D eigenvalue weighted by molar-refractivity contribution is -0.146. The Balaban J connectivity index is 4.20. The fourth-order valence-electron chi connectivity index (χ4n) is 2.61. The smallest absolute Gasteiger partial charge is 0.407 e. The minimum atomic E-state index is -0.605. The van der Waals surface area contributed by atoms with Crippen molar-refractivity contribution in [2.75, 3.05) is 13.2 Å². The van der Waals surface area contributed by atoms with Crippen LogP contribution in [0.25, 0.3) is 0 Å². The molecule has 0 aromatic carbocycles. The fraction of sp³-hybridized carbons (Fsp3) is 0.905. The molecule has 26 heavy (non-hydrogen) atoms. The molecule has 0 aliphatic rings. The largest absolute Gasteiger partial charge is 0.464 e. The first-order chi connectivity index (χ1) is 12.5. The van der Waals surface area contributed by atoms with E-state index in [4.69, 9.17) is 9.47 Å².